The number of amides is 3. The van der Waals surface area contributed by atoms with Gasteiger partial charge in [-0.25, -0.2) is 4.39 Å². The molecule has 0 unspecified atom stereocenters. The zero-order valence-electron chi connectivity index (χ0n) is 14.8. The van der Waals surface area contributed by atoms with E-state index in [1.165, 1.54) is 17.0 Å². The van der Waals surface area contributed by atoms with Gasteiger partial charge in [0, 0.05) is 18.8 Å². The molecular formula is C18H22FN3O4. The number of benzene rings is 1. The molecule has 2 N–H and O–H groups in total. The Balaban J connectivity index is 1.53. The Bertz CT molecular complexity index is 748. The topological polar surface area (TPSA) is 87.7 Å². The fourth-order valence-corrected chi connectivity index (χ4v) is 3.08. The van der Waals surface area contributed by atoms with Crippen molar-refractivity contribution in [3.63, 3.8) is 0 Å². The summed E-state index contributed by atoms with van der Waals surface area (Å²) < 4.78 is 18.3. The van der Waals surface area contributed by atoms with Crippen LogP contribution < -0.4 is 10.6 Å². The standard InChI is InChI=1S/C18H22FN3O4/c1-11-7-13(3-4-14(11)19)20-15(23)12-5-6-22(8-12)17(25)16(24)21-18(2)9-26-10-18/h3-4,7,12H,5-6,8-10H2,1-2H3,(H,20,23)(H,21,24)/t12-/m0/s1. The first kappa shape index (κ1) is 18.3. The zero-order chi connectivity index (χ0) is 18.9. The summed E-state index contributed by atoms with van der Waals surface area (Å²) in [6, 6.07) is 4.34. The third-order valence-corrected chi connectivity index (χ3v) is 4.72. The Morgan fingerprint density at radius 2 is 2.04 bits per heavy atom. The van der Waals surface area contributed by atoms with Gasteiger partial charge in [-0.15, -0.1) is 0 Å². The van der Waals surface area contributed by atoms with Crippen LogP contribution in [0.3, 0.4) is 0 Å². The third-order valence-electron chi connectivity index (χ3n) is 4.72. The van der Waals surface area contributed by atoms with Gasteiger partial charge >= 0.3 is 11.8 Å². The zero-order valence-corrected chi connectivity index (χ0v) is 14.8. The minimum Gasteiger partial charge on any atom is -0.376 e. The largest absolute Gasteiger partial charge is 0.376 e. The molecule has 1 aromatic carbocycles. The van der Waals surface area contributed by atoms with Gasteiger partial charge < -0.3 is 20.3 Å². The van der Waals surface area contributed by atoms with E-state index >= 15 is 0 Å². The average Bonchev–Trinajstić information content (AvgIpc) is 3.06. The molecule has 3 amide bonds. The summed E-state index contributed by atoms with van der Waals surface area (Å²) in [4.78, 5) is 38.1. The van der Waals surface area contributed by atoms with Crippen molar-refractivity contribution in [3.8, 4) is 0 Å². The SMILES string of the molecule is Cc1cc(NC(=O)[C@H]2CCN(C(=O)C(=O)NC3(C)COC3)C2)ccc1F. The number of likely N-dealkylation sites (tertiary alicyclic amines) is 1. The van der Waals surface area contributed by atoms with Gasteiger partial charge in [-0.05, 0) is 44.0 Å². The van der Waals surface area contributed by atoms with E-state index in [-0.39, 0.29) is 18.3 Å². The van der Waals surface area contributed by atoms with Gasteiger partial charge in [-0.1, -0.05) is 0 Å². The molecule has 0 radical (unpaired) electrons. The molecule has 0 spiro atoms. The number of ether oxygens (including phenoxy) is 1. The molecule has 8 heteroatoms. The summed E-state index contributed by atoms with van der Waals surface area (Å²) in [5.74, 6) is -2.29. The summed E-state index contributed by atoms with van der Waals surface area (Å²) >= 11 is 0. The highest BCUT2D eigenvalue weighted by Crippen LogP contribution is 2.21. The van der Waals surface area contributed by atoms with Crippen molar-refractivity contribution >= 4 is 23.4 Å². The van der Waals surface area contributed by atoms with Crippen LogP contribution in [0.5, 0.6) is 0 Å². The van der Waals surface area contributed by atoms with Crippen molar-refractivity contribution in [1.29, 1.82) is 0 Å². The van der Waals surface area contributed by atoms with Gasteiger partial charge in [0.05, 0.1) is 24.7 Å². The van der Waals surface area contributed by atoms with Gasteiger partial charge in [0.1, 0.15) is 5.82 Å². The summed E-state index contributed by atoms with van der Waals surface area (Å²) in [6.45, 7) is 4.73. The number of anilines is 1. The maximum atomic E-state index is 13.3. The molecule has 26 heavy (non-hydrogen) atoms. The van der Waals surface area contributed by atoms with Crippen molar-refractivity contribution in [1.82, 2.24) is 10.2 Å². The minimum absolute atomic E-state index is 0.186. The molecular weight excluding hydrogens is 341 g/mol. The van der Waals surface area contributed by atoms with E-state index in [2.05, 4.69) is 10.6 Å². The summed E-state index contributed by atoms with van der Waals surface area (Å²) in [6.07, 6.45) is 0.478. The second-order valence-corrected chi connectivity index (χ2v) is 7.20. The van der Waals surface area contributed by atoms with Crippen molar-refractivity contribution < 1.29 is 23.5 Å². The lowest BCUT2D eigenvalue weighted by molar-refractivity contribution is -0.150. The lowest BCUT2D eigenvalue weighted by Gasteiger charge is -2.38. The normalized spacial score (nSPS) is 21.0. The molecule has 7 nitrogen and oxygen atoms in total. The van der Waals surface area contributed by atoms with Gasteiger partial charge in [0.15, 0.2) is 0 Å². The molecule has 2 heterocycles. The fraction of sp³-hybridized carbons (Fsp3) is 0.500. The molecule has 0 aliphatic carbocycles. The van der Waals surface area contributed by atoms with E-state index in [1.54, 1.807) is 13.0 Å². The Labute approximate surface area is 150 Å². The quantitative estimate of drug-likeness (QED) is 0.779. The van der Waals surface area contributed by atoms with Crippen LogP contribution in [-0.4, -0.2) is 54.5 Å². The van der Waals surface area contributed by atoms with Crippen LogP contribution >= 0.6 is 0 Å². The van der Waals surface area contributed by atoms with Crippen LogP contribution in [0, 0.1) is 18.7 Å². The molecule has 1 aromatic rings. The van der Waals surface area contributed by atoms with E-state index in [9.17, 15) is 18.8 Å². The second kappa shape index (κ2) is 7.03. The number of halogens is 1. The predicted octanol–water partition coefficient (Wildman–Crippen LogP) is 0.826. The Kier molecular flexibility index (Phi) is 4.95. The number of nitrogens with zero attached hydrogens (tertiary/aromatic N) is 1. The molecule has 2 aliphatic rings. The summed E-state index contributed by atoms with van der Waals surface area (Å²) in [7, 11) is 0. The van der Waals surface area contributed by atoms with Gasteiger partial charge in [0.2, 0.25) is 5.91 Å². The number of aryl methyl sites for hydroxylation is 1. The molecule has 0 bridgehead atoms. The number of carbonyl (C=O) groups excluding carboxylic acids is 3. The van der Waals surface area contributed by atoms with Crippen LogP contribution in [0.15, 0.2) is 18.2 Å². The van der Waals surface area contributed by atoms with E-state index in [0.29, 0.717) is 37.4 Å². The van der Waals surface area contributed by atoms with Crippen molar-refractivity contribution in [2.24, 2.45) is 5.92 Å². The number of hydrogen-bond acceptors (Lipinski definition) is 4. The molecule has 2 fully saturated rings. The predicted molar refractivity (Wildman–Crippen MR) is 91.8 cm³/mol. The number of rotatable bonds is 3. The smallest absolute Gasteiger partial charge is 0.311 e. The first-order valence-electron chi connectivity index (χ1n) is 8.54. The average molecular weight is 363 g/mol. The highest BCUT2D eigenvalue weighted by atomic mass is 19.1. The van der Waals surface area contributed by atoms with Crippen LogP contribution in [-0.2, 0) is 19.1 Å². The Morgan fingerprint density at radius 1 is 1.31 bits per heavy atom. The van der Waals surface area contributed by atoms with Crippen molar-refractivity contribution in [2.75, 3.05) is 31.6 Å². The van der Waals surface area contributed by atoms with Crippen LogP contribution in [0.4, 0.5) is 10.1 Å². The lowest BCUT2D eigenvalue weighted by Crippen LogP contribution is -2.62. The molecule has 0 saturated carbocycles. The third kappa shape index (κ3) is 3.85. The molecule has 2 saturated heterocycles. The fourth-order valence-electron chi connectivity index (χ4n) is 3.08. The number of carbonyl (C=O) groups is 3. The maximum Gasteiger partial charge on any atom is 0.311 e. The highest BCUT2D eigenvalue weighted by molar-refractivity contribution is 6.35. The van der Waals surface area contributed by atoms with Gasteiger partial charge in [-0.3, -0.25) is 14.4 Å². The van der Waals surface area contributed by atoms with Crippen LogP contribution in [0.1, 0.15) is 18.9 Å². The Hall–Kier alpha value is -2.48. The minimum atomic E-state index is -0.675. The first-order chi connectivity index (χ1) is 12.3. The van der Waals surface area contributed by atoms with E-state index in [1.807, 2.05) is 6.92 Å². The summed E-state index contributed by atoms with van der Waals surface area (Å²) in [5, 5.41) is 5.41. The maximum absolute atomic E-state index is 13.3. The monoisotopic (exact) mass is 363 g/mol. The lowest BCUT2D eigenvalue weighted by atomic mass is 10.0. The Morgan fingerprint density at radius 3 is 2.65 bits per heavy atom. The number of nitrogens with one attached hydrogen (secondary N) is 2. The van der Waals surface area contributed by atoms with Crippen LogP contribution in [0.25, 0.3) is 0 Å². The number of hydrogen-bond donors (Lipinski definition) is 2. The van der Waals surface area contributed by atoms with E-state index in [0.717, 1.165) is 0 Å². The van der Waals surface area contributed by atoms with Crippen molar-refractivity contribution in [3.05, 3.63) is 29.6 Å². The summed E-state index contributed by atoms with van der Waals surface area (Å²) in [5.41, 5.74) is 0.453. The molecule has 0 aromatic heterocycles. The first-order valence-corrected chi connectivity index (χ1v) is 8.54. The second-order valence-electron chi connectivity index (χ2n) is 7.20. The van der Waals surface area contributed by atoms with E-state index < -0.39 is 23.3 Å². The molecule has 140 valence electrons. The molecule has 2 aliphatic heterocycles. The van der Waals surface area contributed by atoms with Crippen LogP contribution in [0.2, 0.25) is 0 Å². The highest BCUT2D eigenvalue weighted by Gasteiger charge is 2.39. The molecule has 3 rings (SSSR count). The molecule has 1 atom stereocenters. The van der Waals surface area contributed by atoms with Gasteiger partial charge in [0.25, 0.3) is 0 Å². The van der Waals surface area contributed by atoms with Crippen molar-refractivity contribution in [2.45, 2.75) is 25.8 Å². The van der Waals surface area contributed by atoms with E-state index in [4.69, 9.17) is 4.74 Å². The van der Waals surface area contributed by atoms with Gasteiger partial charge in [-0.2, -0.15) is 0 Å².